The Morgan fingerprint density at radius 3 is 2.83 bits per heavy atom. The Morgan fingerprint density at radius 1 is 1.17 bits per heavy atom. The molecule has 1 N–H and O–H groups in total. The van der Waals surface area contributed by atoms with Crippen LogP contribution in [0.2, 0.25) is 0 Å². The molecule has 156 valence electrons. The SMILES string of the molecule is COc1ccc(C(=O)Nc2cccc(OCCn3ccnc3)c2)c(OCC2CC2)c1. The summed E-state index contributed by atoms with van der Waals surface area (Å²) in [4.78, 5) is 16.9. The molecule has 4 rings (SSSR count). The third-order valence-corrected chi connectivity index (χ3v) is 4.87. The van der Waals surface area contributed by atoms with Gasteiger partial charge in [-0.25, -0.2) is 4.98 Å². The highest BCUT2D eigenvalue weighted by Crippen LogP contribution is 2.32. The molecular weight excluding hydrogens is 382 g/mol. The first kappa shape index (κ1) is 19.8. The summed E-state index contributed by atoms with van der Waals surface area (Å²) >= 11 is 0. The van der Waals surface area contributed by atoms with E-state index in [0.717, 1.165) is 0 Å². The maximum atomic E-state index is 12.9. The molecule has 7 nitrogen and oxygen atoms in total. The van der Waals surface area contributed by atoms with Crippen molar-refractivity contribution in [1.82, 2.24) is 9.55 Å². The molecule has 3 aromatic rings. The van der Waals surface area contributed by atoms with Gasteiger partial charge in [0, 0.05) is 30.2 Å². The molecule has 2 aromatic carbocycles. The average molecular weight is 407 g/mol. The first-order valence-electron chi connectivity index (χ1n) is 10.0. The molecular formula is C23H25N3O4. The summed E-state index contributed by atoms with van der Waals surface area (Å²) in [6, 6.07) is 12.6. The van der Waals surface area contributed by atoms with Gasteiger partial charge in [-0.1, -0.05) is 6.07 Å². The van der Waals surface area contributed by atoms with Gasteiger partial charge in [-0.05, 0) is 43.0 Å². The number of anilines is 1. The van der Waals surface area contributed by atoms with Gasteiger partial charge in [0.2, 0.25) is 0 Å². The fourth-order valence-corrected chi connectivity index (χ4v) is 2.98. The van der Waals surface area contributed by atoms with Crippen LogP contribution >= 0.6 is 0 Å². The van der Waals surface area contributed by atoms with E-state index in [2.05, 4.69) is 10.3 Å². The van der Waals surface area contributed by atoms with Crippen molar-refractivity contribution in [2.75, 3.05) is 25.6 Å². The van der Waals surface area contributed by atoms with E-state index in [4.69, 9.17) is 14.2 Å². The molecule has 0 bridgehead atoms. The molecule has 1 amide bonds. The van der Waals surface area contributed by atoms with Crippen molar-refractivity contribution < 1.29 is 19.0 Å². The van der Waals surface area contributed by atoms with E-state index in [-0.39, 0.29) is 5.91 Å². The number of ether oxygens (including phenoxy) is 3. The van der Waals surface area contributed by atoms with E-state index < -0.39 is 0 Å². The molecule has 30 heavy (non-hydrogen) atoms. The number of nitrogens with zero attached hydrogens (tertiary/aromatic N) is 2. The zero-order valence-electron chi connectivity index (χ0n) is 16.9. The van der Waals surface area contributed by atoms with Gasteiger partial charge < -0.3 is 24.1 Å². The molecule has 0 saturated heterocycles. The summed E-state index contributed by atoms with van der Waals surface area (Å²) in [7, 11) is 1.60. The summed E-state index contributed by atoms with van der Waals surface area (Å²) in [6.07, 6.45) is 7.73. The molecule has 1 aliphatic rings. The predicted molar refractivity (Wildman–Crippen MR) is 113 cm³/mol. The van der Waals surface area contributed by atoms with E-state index in [1.165, 1.54) is 12.8 Å². The lowest BCUT2D eigenvalue weighted by molar-refractivity contribution is 0.102. The first-order chi connectivity index (χ1) is 14.7. The van der Waals surface area contributed by atoms with Crippen LogP contribution in [0.4, 0.5) is 5.69 Å². The lowest BCUT2D eigenvalue weighted by Gasteiger charge is -2.14. The fourth-order valence-electron chi connectivity index (χ4n) is 2.98. The van der Waals surface area contributed by atoms with Crippen molar-refractivity contribution in [1.29, 1.82) is 0 Å². The molecule has 0 radical (unpaired) electrons. The van der Waals surface area contributed by atoms with Gasteiger partial charge >= 0.3 is 0 Å². The van der Waals surface area contributed by atoms with Gasteiger partial charge in [-0.15, -0.1) is 0 Å². The number of imidazole rings is 1. The number of methoxy groups -OCH3 is 1. The Morgan fingerprint density at radius 2 is 2.07 bits per heavy atom. The second-order valence-corrected chi connectivity index (χ2v) is 7.25. The number of amides is 1. The summed E-state index contributed by atoms with van der Waals surface area (Å²) in [5.74, 6) is 2.23. The Bertz CT molecular complexity index is 984. The van der Waals surface area contributed by atoms with Crippen LogP contribution in [0.5, 0.6) is 17.2 Å². The van der Waals surface area contributed by atoms with E-state index in [9.17, 15) is 4.79 Å². The molecule has 1 saturated carbocycles. The largest absolute Gasteiger partial charge is 0.497 e. The molecule has 0 unspecified atom stereocenters. The third-order valence-electron chi connectivity index (χ3n) is 4.87. The topological polar surface area (TPSA) is 74.6 Å². The number of nitrogens with one attached hydrogen (secondary N) is 1. The van der Waals surface area contributed by atoms with E-state index in [1.54, 1.807) is 43.9 Å². The maximum Gasteiger partial charge on any atom is 0.259 e. The van der Waals surface area contributed by atoms with Crippen LogP contribution in [0.15, 0.2) is 61.2 Å². The van der Waals surface area contributed by atoms with Crippen LogP contribution in [-0.4, -0.2) is 35.8 Å². The zero-order chi connectivity index (χ0) is 20.8. The Hall–Kier alpha value is -3.48. The smallest absolute Gasteiger partial charge is 0.259 e. The van der Waals surface area contributed by atoms with Crippen LogP contribution < -0.4 is 19.5 Å². The van der Waals surface area contributed by atoms with E-state index in [1.807, 2.05) is 29.0 Å². The number of hydrogen-bond donors (Lipinski definition) is 1. The van der Waals surface area contributed by atoms with Gasteiger partial charge in [0.15, 0.2) is 0 Å². The number of carbonyl (C=O) groups is 1. The molecule has 7 heteroatoms. The molecule has 0 aliphatic heterocycles. The van der Waals surface area contributed by atoms with Crippen LogP contribution in [0.25, 0.3) is 0 Å². The van der Waals surface area contributed by atoms with E-state index in [0.29, 0.717) is 54.2 Å². The van der Waals surface area contributed by atoms with Gasteiger partial charge in [0.1, 0.15) is 23.9 Å². The van der Waals surface area contributed by atoms with Crippen LogP contribution in [-0.2, 0) is 6.54 Å². The van der Waals surface area contributed by atoms with Gasteiger partial charge in [0.05, 0.1) is 32.2 Å². The number of hydrogen-bond acceptors (Lipinski definition) is 5. The summed E-state index contributed by atoms with van der Waals surface area (Å²) in [6.45, 7) is 1.82. The minimum atomic E-state index is -0.237. The van der Waals surface area contributed by atoms with Crippen molar-refractivity contribution in [3.63, 3.8) is 0 Å². The minimum absolute atomic E-state index is 0.237. The lowest BCUT2D eigenvalue weighted by atomic mass is 10.1. The number of carbonyl (C=O) groups excluding carboxylic acids is 1. The second-order valence-electron chi connectivity index (χ2n) is 7.25. The normalized spacial score (nSPS) is 13.0. The highest BCUT2D eigenvalue weighted by atomic mass is 16.5. The van der Waals surface area contributed by atoms with Gasteiger partial charge in [-0.2, -0.15) is 0 Å². The number of benzene rings is 2. The standard InChI is InChI=1S/C23H25N3O4/c1-28-19-7-8-21(22(14-19)30-15-17-5-6-17)23(27)25-18-3-2-4-20(13-18)29-12-11-26-10-9-24-16-26/h2-4,7-10,13-14,16-17H,5-6,11-12,15H2,1H3,(H,25,27). The third kappa shape index (κ3) is 5.31. The Kier molecular flexibility index (Phi) is 6.17. The molecule has 0 atom stereocenters. The first-order valence-corrected chi connectivity index (χ1v) is 10.0. The van der Waals surface area contributed by atoms with Crippen molar-refractivity contribution in [2.24, 2.45) is 5.92 Å². The second kappa shape index (κ2) is 9.35. The average Bonchev–Trinajstić information content (AvgIpc) is 3.45. The van der Waals surface area contributed by atoms with Crippen LogP contribution in [0.3, 0.4) is 0 Å². The van der Waals surface area contributed by atoms with Crippen LogP contribution in [0, 0.1) is 5.92 Å². The summed E-state index contributed by atoms with van der Waals surface area (Å²) < 4.78 is 18.9. The van der Waals surface area contributed by atoms with Crippen molar-refractivity contribution in [3.8, 4) is 17.2 Å². The lowest BCUT2D eigenvalue weighted by Crippen LogP contribution is -2.14. The van der Waals surface area contributed by atoms with Crippen molar-refractivity contribution in [3.05, 3.63) is 66.7 Å². The molecule has 1 fully saturated rings. The monoisotopic (exact) mass is 407 g/mol. The number of rotatable bonds is 10. The minimum Gasteiger partial charge on any atom is -0.497 e. The van der Waals surface area contributed by atoms with Crippen molar-refractivity contribution >= 4 is 11.6 Å². The van der Waals surface area contributed by atoms with Crippen molar-refractivity contribution in [2.45, 2.75) is 19.4 Å². The number of aromatic nitrogens is 2. The Labute approximate surface area is 175 Å². The Balaban J connectivity index is 1.40. The molecule has 0 spiro atoms. The fraction of sp³-hybridized carbons (Fsp3) is 0.304. The highest BCUT2D eigenvalue weighted by molar-refractivity contribution is 6.06. The molecule has 1 aromatic heterocycles. The summed E-state index contributed by atoms with van der Waals surface area (Å²) in [5, 5.41) is 2.93. The maximum absolute atomic E-state index is 12.9. The predicted octanol–water partition coefficient (Wildman–Crippen LogP) is 4.01. The van der Waals surface area contributed by atoms with Crippen LogP contribution in [0.1, 0.15) is 23.2 Å². The summed E-state index contributed by atoms with van der Waals surface area (Å²) in [5.41, 5.74) is 1.13. The van der Waals surface area contributed by atoms with E-state index >= 15 is 0 Å². The quantitative estimate of drug-likeness (QED) is 0.550. The van der Waals surface area contributed by atoms with Gasteiger partial charge in [0.25, 0.3) is 5.91 Å². The highest BCUT2D eigenvalue weighted by Gasteiger charge is 2.23. The molecule has 1 aliphatic carbocycles. The zero-order valence-corrected chi connectivity index (χ0v) is 16.9. The molecule has 1 heterocycles. The van der Waals surface area contributed by atoms with Gasteiger partial charge in [-0.3, -0.25) is 4.79 Å².